The number of benzene rings is 1. The number of carboxylic acid groups (broad SMARTS) is 1. The summed E-state index contributed by atoms with van der Waals surface area (Å²) in [7, 11) is 0. The molecule has 0 saturated carbocycles. The van der Waals surface area contributed by atoms with E-state index < -0.39 is 5.97 Å². The molecule has 1 aliphatic heterocycles. The first kappa shape index (κ1) is 16.5. The molecule has 0 atom stereocenters. The molecule has 1 amide bonds. The zero-order valence-electron chi connectivity index (χ0n) is 13.2. The van der Waals surface area contributed by atoms with Gasteiger partial charge in [-0.25, -0.2) is 0 Å². The lowest BCUT2D eigenvalue weighted by Crippen LogP contribution is -2.40. The first-order chi connectivity index (χ1) is 11.5. The van der Waals surface area contributed by atoms with Crippen molar-refractivity contribution in [2.24, 2.45) is 5.92 Å². The molecule has 2 heterocycles. The second-order valence-electron chi connectivity index (χ2n) is 5.85. The van der Waals surface area contributed by atoms with Gasteiger partial charge in [0.15, 0.2) is 0 Å². The van der Waals surface area contributed by atoms with Crippen LogP contribution in [-0.4, -0.2) is 40.1 Å². The zero-order valence-corrected chi connectivity index (χ0v) is 13.9. The summed E-state index contributed by atoms with van der Waals surface area (Å²) in [5.41, 5.74) is 1.44. The SMILES string of the molecule is Cc1onc(-c2ccccc2Cl)c1C(=O)N1CCC(C(=O)O)CC1. The Morgan fingerprint density at radius 3 is 2.58 bits per heavy atom. The van der Waals surface area contributed by atoms with Gasteiger partial charge in [0.1, 0.15) is 17.0 Å². The number of likely N-dealkylation sites (tertiary alicyclic amines) is 1. The number of rotatable bonds is 3. The van der Waals surface area contributed by atoms with Gasteiger partial charge in [0.05, 0.1) is 10.9 Å². The largest absolute Gasteiger partial charge is 0.481 e. The molecule has 1 saturated heterocycles. The van der Waals surface area contributed by atoms with Gasteiger partial charge in [-0.1, -0.05) is 35.0 Å². The molecule has 0 radical (unpaired) electrons. The average molecular weight is 349 g/mol. The van der Waals surface area contributed by atoms with Crippen molar-refractivity contribution in [3.63, 3.8) is 0 Å². The van der Waals surface area contributed by atoms with Gasteiger partial charge in [-0.15, -0.1) is 0 Å². The van der Waals surface area contributed by atoms with E-state index in [-0.39, 0.29) is 11.8 Å². The van der Waals surface area contributed by atoms with E-state index in [0.29, 0.717) is 53.5 Å². The summed E-state index contributed by atoms with van der Waals surface area (Å²) in [6.45, 7) is 2.50. The standard InChI is InChI=1S/C17H17ClN2O4/c1-10-14(15(19-24-10)12-4-2-3-5-13(12)18)16(21)20-8-6-11(7-9-20)17(22)23/h2-5,11H,6-9H2,1H3,(H,22,23). The van der Waals surface area contributed by atoms with Crippen molar-refractivity contribution in [2.75, 3.05) is 13.1 Å². The Labute approximate surface area is 144 Å². The normalized spacial score (nSPS) is 15.5. The fourth-order valence-electron chi connectivity index (χ4n) is 2.95. The predicted molar refractivity (Wildman–Crippen MR) is 87.9 cm³/mol. The number of aromatic nitrogens is 1. The van der Waals surface area contributed by atoms with Crippen LogP contribution in [0.15, 0.2) is 28.8 Å². The van der Waals surface area contributed by atoms with Gasteiger partial charge in [-0.05, 0) is 25.8 Å². The highest BCUT2D eigenvalue weighted by Gasteiger charge is 2.31. The molecule has 24 heavy (non-hydrogen) atoms. The minimum Gasteiger partial charge on any atom is -0.481 e. The van der Waals surface area contributed by atoms with E-state index in [0.717, 1.165) is 0 Å². The van der Waals surface area contributed by atoms with Crippen LogP contribution in [0.25, 0.3) is 11.3 Å². The van der Waals surface area contributed by atoms with E-state index >= 15 is 0 Å². The van der Waals surface area contributed by atoms with E-state index in [4.69, 9.17) is 21.2 Å². The molecule has 1 aromatic heterocycles. The summed E-state index contributed by atoms with van der Waals surface area (Å²) in [5, 5.41) is 13.6. The quantitative estimate of drug-likeness (QED) is 0.920. The lowest BCUT2D eigenvalue weighted by molar-refractivity contribution is -0.143. The molecule has 0 aliphatic carbocycles. The van der Waals surface area contributed by atoms with E-state index in [2.05, 4.69) is 5.16 Å². The second-order valence-corrected chi connectivity index (χ2v) is 6.25. The zero-order chi connectivity index (χ0) is 17.3. The van der Waals surface area contributed by atoms with Gasteiger partial charge < -0.3 is 14.5 Å². The maximum absolute atomic E-state index is 12.9. The topological polar surface area (TPSA) is 83.6 Å². The summed E-state index contributed by atoms with van der Waals surface area (Å²) < 4.78 is 5.23. The molecule has 1 aliphatic rings. The predicted octanol–water partition coefficient (Wildman–Crippen LogP) is 3.24. The van der Waals surface area contributed by atoms with Crippen LogP contribution in [0.3, 0.4) is 0 Å². The number of hydrogen-bond acceptors (Lipinski definition) is 4. The number of hydrogen-bond donors (Lipinski definition) is 1. The van der Waals surface area contributed by atoms with Gasteiger partial charge in [0, 0.05) is 18.7 Å². The number of amides is 1. The van der Waals surface area contributed by atoms with E-state index in [1.807, 2.05) is 6.07 Å². The van der Waals surface area contributed by atoms with Gasteiger partial charge in [-0.2, -0.15) is 0 Å². The highest BCUT2D eigenvalue weighted by molar-refractivity contribution is 6.33. The van der Waals surface area contributed by atoms with Gasteiger partial charge in [0.2, 0.25) is 0 Å². The van der Waals surface area contributed by atoms with Crippen LogP contribution in [0.5, 0.6) is 0 Å². The summed E-state index contributed by atoms with van der Waals surface area (Å²) in [4.78, 5) is 25.6. The highest BCUT2D eigenvalue weighted by Crippen LogP contribution is 2.32. The Bertz CT molecular complexity index is 779. The van der Waals surface area contributed by atoms with Crippen LogP contribution in [0.2, 0.25) is 5.02 Å². The number of halogens is 1. The third kappa shape index (κ3) is 3.01. The minimum atomic E-state index is -0.806. The molecular weight excluding hydrogens is 332 g/mol. The molecule has 2 aromatic rings. The van der Waals surface area contributed by atoms with Crippen LogP contribution in [0.4, 0.5) is 0 Å². The van der Waals surface area contributed by atoms with E-state index in [9.17, 15) is 9.59 Å². The van der Waals surface area contributed by atoms with Crippen LogP contribution in [0.1, 0.15) is 29.0 Å². The summed E-state index contributed by atoms with van der Waals surface area (Å²) in [6.07, 6.45) is 0.902. The number of carboxylic acids is 1. The highest BCUT2D eigenvalue weighted by atomic mass is 35.5. The average Bonchev–Trinajstić information content (AvgIpc) is 2.96. The van der Waals surface area contributed by atoms with Crippen LogP contribution >= 0.6 is 11.6 Å². The molecule has 1 fully saturated rings. The van der Waals surface area contributed by atoms with Crippen LogP contribution in [-0.2, 0) is 4.79 Å². The molecule has 7 heteroatoms. The number of piperidine rings is 1. The Morgan fingerprint density at radius 2 is 1.96 bits per heavy atom. The first-order valence-electron chi connectivity index (χ1n) is 7.72. The summed E-state index contributed by atoms with van der Waals surface area (Å²) in [5.74, 6) is -0.969. The van der Waals surface area contributed by atoms with Crippen LogP contribution < -0.4 is 0 Å². The fraction of sp³-hybridized carbons (Fsp3) is 0.353. The van der Waals surface area contributed by atoms with E-state index in [1.54, 1.807) is 30.0 Å². The minimum absolute atomic E-state index is 0.201. The second kappa shape index (κ2) is 6.65. The molecule has 126 valence electrons. The van der Waals surface area contributed by atoms with Crippen molar-refractivity contribution in [3.8, 4) is 11.3 Å². The molecule has 1 N–H and O–H groups in total. The number of aliphatic carboxylic acids is 1. The molecule has 0 unspecified atom stereocenters. The monoisotopic (exact) mass is 348 g/mol. The third-order valence-corrected chi connectivity index (χ3v) is 4.67. The molecule has 3 rings (SSSR count). The Morgan fingerprint density at radius 1 is 1.29 bits per heavy atom. The number of aryl methyl sites for hydroxylation is 1. The van der Waals surface area contributed by atoms with Crippen LogP contribution in [0, 0.1) is 12.8 Å². The first-order valence-corrected chi connectivity index (χ1v) is 8.10. The van der Waals surface area contributed by atoms with Gasteiger partial charge in [0.25, 0.3) is 5.91 Å². The van der Waals surface area contributed by atoms with Gasteiger partial charge in [-0.3, -0.25) is 9.59 Å². The molecule has 0 spiro atoms. The maximum Gasteiger partial charge on any atom is 0.306 e. The maximum atomic E-state index is 12.9. The van der Waals surface area contributed by atoms with Crippen molar-refractivity contribution < 1.29 is 19.2 Å². The molecule has 0 bridgehead atoms. The van der Waals surface area contributed by atoms with Crippen molar-refractivity contribution >= 4 is 23.5 Å². The Kier molecular flexibility index (Phi) is 4.57. The number of carbonyl (C=O) groups excluding carboxylic acids is 1. The van der Waals surface area contributed by atoms with Crippen molar-refractivity contribution in [1.82, 2.24) is 10.1 Å². The van der Waals surface area contributed by atoms with Crippen molar-refractivity contribution in [3.05, 3.63) is 40.6 Å². The summed E-state index contributed by atoms with van der Waals surface area (Å²) in [6, 6.07) is 7.13. The third-order valence-electron chi connectivity index (χ3n) is 4.34. The Balaban J connectivity index is 1.88. The van der Waals surface area contributed by atoms with E-state index in [1.165, 1.54) is 0 Å². The summed E-state index contributed by atoms with van der Waals surface area (Å²) >= 11 is 6.21. The molecular formula is C17H17ClN2O4. The van der Waals surface area contributed by atoms with Crippen molar-refractivity contribution in [1.29, 1.82) is 0 Å². The lowest BCUT2D eigenvalue weighted by atomic mass is 9.96. The lowest BCUT2D eigenvalue weighted by Gasteiger charge is -2.30. The molecule has 1 aromatic carbocycles. The number of carbonyl (C=O) groups is 2. The van der Waals surface area contributed by atoms with Gasteiger partial charge >= 0.3 is 5.97 Å². The number of nitrogens with zero attached hydrogens (tertiary/aromatic N) is 2. The molecule has 6 nitrogen and oxygen atoms in total. The van der Waals surface area contributed by atoms with Crippen molar-refractivity contribution in [2.45, 2.75) is 19.8 Å². The smallest absolute Gasteiger partial charge is 0.306 e. The Hall–Kier alpha value is -2.34. The fourth-order valence-corrected chi connectivity index (χ4v) is 3.17.